The van der Waals surface area contributed by atoms with Crippen molar-refractivity contribution in [1.82, 2.24) is 15.0 Å². The van der Waals surface area contributed by atoms with Crippen LogP contribution in [0.5, 0.6) is 5.75 Å². The molecule has 0 atom stereocenters. The van der Waals surface area contributed by atoms with E-state index in [4.69, 9.17) is 9.26 Å². The van der Waals surface area contributed by atoms with Crippen molar-refractivity contribution in [1.29, 1.82) is 0 Å². The Kier molecular flexibility index (Phi) is 6.57. The van der Waals surface area contributed by atoms with Crippen molar-refractivity contribution in [3.8, 4) is 5.75 Å². The van der Waals surface area contributed by atoms with Crippen molar-refractivity contribution in [2.24, 2.45) is 0 Å². The second-order valence-corrected chi connectivity index (χ2v) is 7.33. The molecule has 0 bridgehead atoms. The fourth-order valence-electron chi connectivity index (χ4n) is 2.90. The number of aromatic nitrogens is 1. The van der Waals surface area contributed by atoms with Crippen molar-refractivity contribution in [2.45, 2.75) is 25.3 Å². The van der Waals surface area contributed by atoms with E-state index in [1.807, 2.05) is 49.1 Å². The van der Waals surface area contributed by atoms with Crippen LogP contribution in [0.1, 0.15) is 18.4 Å². The van der Waals surface area contributed by atoms with E-state index in [9.17, 15) is 4.79 Å². The third-order valence-electron chi connectivity index (χ3n) is 4.28. The lowest BCUT2D eigenvalue weighted by atomic mass is 10.3. The molecule has 1 aliphatic heterocycles. The van der Waals surface area contributed by atoms with Crippen LogP contribution in [0, 0.1) is 6.92 Å². The number of hydrogen-bond donors (Lipinski definition) is 0. The SMILES string of the molecule is CCOc1ccc(SCC(=O)N2CCN(Cc3cc(C)no3)CC2)cc1. The molecule has 7 heteroatoms. The van der Waals surface area contributed by atoms with E-state index in [0.29, 0.717) is 12.4 Å². The molecular weight excluding hydrogens is 350 g/mol. The monoisotopic (exact) mass is 375 g/mol. The third kappa shape index (κ3) is 5.25. The van der Waals surface area contributed by atoms with E-state index < -0.39 is 0 Å². The minimum absolute atomic E-state index is 0.194. The summed E-state index contributed by atoms with van der Waals surface area (Å²) >= 11 is 1.57. The quantitative estimate of drug-likeness (QED) is 0.694. The summed E-state index contributed by atoms with van der Waals surface area (Å²) in [5, 5.41) is 3.92. The van der Waals surface area contributed by atoms with E-state index >= 15 is 0 Å². The van der Waals surface area contributed by atoms with Crippen LogP contribution in [-0.4, -0.2) is 59.4 Å². The first-order valence-electron chi connectivity index (χ1n) is 8.92. The van der Waals surface area contributed by atoms with E-state index in [2.05, 4.69) is 10.1 Å². The number of piperazine rings is 1. The zero-order valence-electron chi connectivity index (χ0n) is 15.3. The molecule has 1 fully saturated rings. The van der Waals surface area contributed by atoms with Gasteiger partial charge in [0.2, 0.25) is 5.91 Å². The van der Waals surface area contributed by atoms with Crippen LogP contribution in [0.2, 0.25) is 0 Å². The molecule has 1 aromatic heterocycles. The molecule has 0 aliphatic carbocycles. The van der Waals surface area contributed by atoms with Crippen LogP contribution in [0.3, 0.4) is 0 Å². The van der Waals surface area contributed by atoms with Gasteiger partial charge in [-0.2, -0.15) is 0 Å². The topological polar surface area (TPSA) is 58.8 Å². The number of carbonyl (C=O) groups excluding carboxylic acids is 1. The first-order chi connectivity index (χ1) is 12.6. The maximum absolute atomic E-state index is 12.4. The molecule has 1 aliphatic rings. The summed E-state index contributed by atoms with van der Waals surface area (Å²) in [6.07, 6.45) is 0. The molecule has 26 heavy (non-hydrogen) atoms. The molecule has 2 aromatic rings. The van der Waals surface area contributed by atoms with Crippen LogP contribution in [-0.2, 0) is 11.3 Å². The van der Waals surface area contributed by atoms with Crippen molar-refractivity contribution in [2.75, 3.05) is 38.5 Å². The largest absolute Gasteiger partial charge is 0.494 e. The van der Waals surface area contributed by atoms with Gasteiger partial charge in [0.05, 0.1) is 24.6 Å². The van der Waals surface area contributed by atoms with Gasteiger partial charge in [0.1, 0.15) is 5.75 Å². The Morgan fingerprint density at radius 1 is 1.23 bits per heavy atom. The number of rotatable bonds is 7. The van der Waals surface area contributed by atoms with E-state index in [0.717, 1.165) is 54.8 Å². The molecule has 3 rings (SSSR count). The van der Waals surface area contributed by atoms with E-state index in [-0.39, 0.29) is 5.91 Å². The van der Waals surface area contributed by atoms with Gasteiger partial charge in [-0.1, -0.05) is 5.16 Å². The first kappa shape index (κ1) is 18.8. The zero-order valence-corrected chi connectivity index (χ0v) is 16.1. The molecule has 0 unspecified atom stereocenters. The maximum atomic E-state index is 12.4. The van der Waals surface area contributed by atoms with Gasteiger partial charge in [0.15, 0.2) is 5.76 Å². The second kappa shape index (κ2) is 9.09. The average Bonchev–Trinajstić information content (AvgIpc) is 3.06. The van der Waals surface area contributed by atoms with Gasteiger partial charge in [0.25, 0.3) is 0 Å². The molecule has 2 heterocycles. The van der Waals surface area contributed by atoms with Crippen LogP contribution < -0.4 is 4.74 Å². The third-order valence-corrected chi connectivity index (χ3v) is 5.28. The van der Waals surface area contributed by atoms with Crippen LogP contribution >= 0.6 is 11.8 Å². The number of ether oxygens (including phenoxy) is 1. The number of thioether (sulfide) groups is 1. The molecule has 140 valence electrons. The van der Waals surface area contributed by atoms with Crippen molar-refractivity contribution >= 4 is 17.7 Å². The number of aryl methyl sites for hydroxylation is 1. The lowest BCUT2D eigenvalue weighted by Crippen LogP contribution is -2.48. The van der Waals surface area contributed by atoms with E-state index in [1.54, 1.807) is 11.8 Å². The smallest absolute Gasteiger partial charge is 0.233 e. The van der Waals surface area contributed by atoms with Gasteiger partial charge < -0.3 is 14.2 Å². The minimum Gasteiger partial charge on any atom is -0.494 e. The zero-order chi connectivity index (χ0) is 18.4. The fourth-order valence-corrected chi connectivity index (χ4v) is 3.70. The predicted octanol–water partition coefficient (Wildman–Crippen LogP) is 2.82. The highest BCUT2D eigenvalue weighted by Gasteiger charge is 2.22. The Morgan fingerprint density at radius 2 is 1.96 bits per heavy atom. The highest BCUT2D eigenvalue weighted by Crippen LogP contribution is 2.22. The number of benzene rings is 1. The second-order valence-electron chi connectivity index (χ2n) is 6.28. The Bertz CT molecular complexity index is 709. The van der Waals surface area contributed by atoms with E-state index in [1.165, 1.54) is 0 Å². The predicted molar refractivity (Wildman–Crippen MR) is 101 cm³/mol. The molecular formula is C19H25N3O3S. The molecule has 0 spiro atoms. The van der Waals surface area contributed by atoms with Crippen molar-refractivity contribution in [3.63, 3.8) is 0 Å². The minimum atomic E-state index is 0.194. The molecule has 6 nitrogen and oxygen atoms in total. The van der Waals surface area contributed by atoms with Gasteiger partial charge >= 0.3 is 0 Å². The standard InChI is InChI=1S/C19H25N3O3S/c1-3-24-16-4-6-18(7-5-16)26-14-19(23)22-10-8-21(9-11-22)13-17-12-15(2)20-25-17/h4-7,12H,3,8-11,13-14H2,1-2H3. The van der Waals surface area contributed by atoms with Gasteiger partial charge in [-0.05, 0) is 38.1 Å². The van der Waals surface area contributed by atoms with Crippen molar-refractivity contribution in [3.05, 3.63) is 41.8 Å². The lowest BCUT2D eigenvalue weighted by molar-refractivity contribution is -0.130. The Morgan fingerprint density at radius 3 is 2.58 bits per heavy atom. The van der Waals surface area contributed by atoms with Gasteiger partial charge in [-0.15, -0.1) is 11.8 Å². The summed E-state index contributed by atoms with van der Waals surface area (Å²) in [5.41, 5.74) is 0.903. The Balaban J connectivity index is 1.40. The molecule has 0 saturated carbocycles. The number of carbonyl (C=O) groups is 1. The summed E-state index contributed by atoms with van der Waals surface area (Å²) in [6.45, 7) is 8.54. The molecule has 0 N–H and O–H groups in total. The van der Waals surface area contributed by atoms with Crippen molar-refractivity contribution < 1.29 is 14.1 Å². The fraction of sp³-hybridized carbons (Fsp3) is 0.474. The normalized spacial score (nSPS) is 15.2. The first-order valence-corrected chi connectivity index (χ1v) is 9.90. The van der Waals surface area contributed by atoms with Gasteiger partial charge in [0, 0.05) is 37.1 Å². The van der Waals surface area contributed by atoms with Crippen LogP contribution in [0.4, 0.5) is 0 Å². The summed E-state index contributed by atoms with van der Waals surface area (Å²) in [7, 11) is 0. The maximum Gasteiger partial charge on any atom is 0.233 e. The Labute approximate surface area is 158 Å². The summed E-state index contributed by atoms with van der Waals surface area (Å²) in [5.74, 6) is 2.41. The summed E-state index contributed by atoms with van der Waals surface area (Å²) in [4.78, 5) is 17.8. The molecule has 1 amide bonds. The van der Waals surface area contributed by atoms with Gasteiger partial charge in [-0.3, -0.25) is 9.69 Å². The van der Waals surface area contributed by atoms with Gasteiger partial charge in [-0.25, -0.2) is 0 Å². The summed E-state index contributed by atoms with van der Waals surface area (Å²) < 4.78 is 10.7. The average molecular weight is 375 g/mol. The molecule has 0 radical (unpaired) electrons. The number of nitrogens with zero attached hydrogens (tertiary/aromatic N) is 3. The summed E-state index contributed by atoms with van der Waals surface area (Å²) in [6, 6.07) is 9.85. The Hall–Kier alpha value is -1.99. The van der Waals surface area contributed by atoms with Crippen LogP contribution in [0.25, 0.3) is 0 Å². The molecule has 1 saturated heterocycles. The number of hydrogen-bond acceptors (Lipinski definition) is 6. The van der Waals surface area contributed by atoms with Crippen LogP contribution in [0.15, 0.2) is 39.8 Å². The number of amides is 1. The lowest BCUT2D eigenvalue weighted by Gasteiger charge is -2.34. The highest BCUT2D eigenvalue weighted by atomic mass is 32.2. The highest BCUT2D eigenvalue weighted by molar-refractivity contribution is 8.00. The molecule has 1 aromatic carbocycles.